The Morgan fingerprint density at radius 2 is 0.633 bits per heavy atom. The number of nitrogens with one attached hydrogen (secondary N) is 3. The number of allylic oxidation sites excluding steroid dienone is 1. The molecule has 0 spiro atoms. The SMILES string of the molecule is CCCCCCCCCCCCC/C=C/[C@@H](O)[C@H](CO[C@@H]1OC(CO)[C@@H](O[C@@H]2OC(CO)[C@H](O)[C@H](O[C@@H]3OC(CO)[C@@H](O[C@@H]4OC(CO)[C@H](O)[C@H](O[C@@H]5OC(CO)[C@@H](O[C@@H]6OC(CO)[C@H](O)[C@H](O)C6O[C@H]6OC(C)[C@@H](O)C(O)[C@@H]6O)[C@H](O)C5NC(C)=O)C4O)[C@H](O)C3NC(C)=O)C2O)[C@H](O)C1O)NC(=O)CCCCCCCCCCCCCCCCCCCCCCC. The summed E-state index contributed by atoms with van der Waals surface area (Å²) >= 11 is 0. The van der Waals surface area contributed by atoms with Crippen LogP contribution >= 0.6 is 0 Å². The molecule has 748 valence electrons. The van der Waals surface area contributed by atoms with Gasteiger partial charge in [-0.2, -0.15) is 0 Å². The average molecular weight is 1850 g/mol. The normalized spacial score (nSPS) is 37.7. The van der Waals surface area contributed by atoms with Crippen LogP contribution in [0.1, 0.15) is 253 Å². The van der Waals surface area contributed by atoms with E-state index in [1.54, 1.807) is 6.08 Å². The number of aliphatic hydroxyl groups is 20. The van der Waals surface area contributed by atoms with Gasteiger partial charge in [0.15, 0.2) is 44.0 Å². The van der Waals surface area contributed by atoms with Crippen molar-refractivity contribution in [3.8, 4) is 0 Å². The molecular formula is C88H159N3O37. The summed E-state index contributed by atoms with van der Waals surface area (Å²) in [4.78, 5) is 39.6. The topological polar surface area (TPSA) is 621 Å². The molecule has 37 atom stereocenters. The van der Waals surface area contributed by atoms with Gasteiger partial charge in [-0.25, -0.2) is 0 Å². The highest BCUT2D eigenvalue weighted by atomic mass is 16.8. The molecule has 40 nitrogen and oxygen atoms in total. The maximum atomic E-state index is 13.6. The van der Waals surface area contributed by atoms with E-state index in [1.807, 2.05) is 6.08 Å². The highest BCUT2D eigenvalue weighted by Gasteiger charge is 2.60. The van der Waals surface area contributed by atoms with Crippen LogP contribution in [0.2, 0.25) is 0 Å². The molecule has 7 heterocycles. The first-order valence-corrected chi connectivity index (χ1v) is 47.3. The van der Waals surface area contributed by atoms with Crippen molar-refractivity contribution in [1.82, 2.24) is 16.0 Å². The number of amides is 3. The minimum absolute atomic E-state index is 0.167. The van der Waals surface area contributed by atoms with E-state index in [9.17, 15) is 117 Å². The van der Waals surface area contributed by atoms with E-state index in [4.69, 9.17) is 66.3 Å². The lowest BCUT2D eigenvalue weighted by molar-refractivity contribution is -0.392. The van der Waals surface area contributed by atoms with Gasteiger partial charge in [0.1, 0.15) is 165 Å². The fourth-order valence-corrected chi connectivity index (χ4v) is 17.6. The maximum Gasteiger partial charge on any atom is 0.220 e. The monoisotopic (exact) mass is 1850 g/mol. The second kappa shape index (κ2) is 59.7. The molecule has 7 aliphatic rings. The quantitative estimate of drug-likeness (QED) is 0.0250. The molecular weight excluding hydrogens is 1690 g/mol. The van der Waals surface area contributed by atoms with Crippen molar-refractivity contribution in [3.63, 3.8) is 0 Å². The van der Waals surface area contributed by atoms with E-state index in [2.05, 4.69) is 29.8 Å². The number of carbonyl (C=O) groups excluding carboxylic acids is 3. The summed E-state index contributed by atoms with van der Waals surface area (Å²) in [6.07, 6.45) is -22.3. The van der Waals surface area contributed by atoms with Crippen molar-refractivity contribution in [2.45, 2.75) is 480 Å². The highest BCUT2D eigenvalue weighted by Crippen LogP contribution is 2.39. The molecule has 40 heteroatoms. The Labute approximate surface area is 751 Å². The first kappa shape index (κ1) is 112. The molecule has 0 aromatic carbocycles. The van der Waals surface area contributed by atoms with Crippen LogP contribution in [0, 0.1) is 0 Å². The minimum Gasteiger partial charge on any atom is -0.394 e. The van der Waals surface area contributed by atoms with Crippen LogP contribution in [0.15, 0.2) is 12.2 Å². The van der Waals surface area contributed by atoms with Gasteiger partial charge in [-0.3, -0.25) is 14.4 Å². The van der Waals surface area contributed by atoms with Crippen molar-refractivity contribution in [2.75, 3.05) is 46.2 Å². The Hall–Kier alpha value is -3.21. The standard InChI is InChI=1S/C88H159N3O37/c1-6-8-10-12-14-16-18-20-21-22-23-24-25-26-27-29-31-33-35-37-39-41-60(101)91-52(53(100)40-38-36-34-32-30-28-19-17-15-13-11-9-7-2)48-115-84-73(112)71(110)78(59(47-97)122-84)124-87-75(114)80(66(105)56(44-94)118-87)127-82-61(89-50(4)98)67(106)76(57(45-95)120-82)123-86-74(113)79(65(104)55(43-93)117-86)126-83-62(90-51(5)99)68(107)77(58(46-96)121-83)125-88-81(70(109)64(103)54(42-92)119-88)128-85-72(111)69(108)63(102)49(3)116-85/h38,40,49,52-59,61-88,92-97,100,102-114H,6-37,39,41-48H2,1-5H3,(H,89,98)(H,90,99)(H,91,101)/b40-38+/t49?,52-,53+,54?,55?,56?,57?,58?,59?,61?,62?,63+,64-,65-,66-,67+,68+,69?,70-,71+,72-,73?,74?,75?,76+,77+,78+,79-,80-,81?,82-,83-,84+,85+,86-,87-,88-/m0/s1. The Kier molecular flexibility index (Phi) is 52.2. The van der Waals surface area contributed by atoms with Gasteiger partial charge in [-0.15, -0.1) is 0 Å². The van der Waals surface area contributed by atoms with E-state index < -0.39 is 285 Å². The average Bonchev–Trinajstić information content (AvgIpc) is 0.764. The van der Waals surface area contributed by atoms with E-state index in [0.717, 1.165) is 65.2 Å². The highest BCUT2D eigenvalue weighted by molar-refractivity contribution is 5.76. The third-order valence-corrected chi connectivity index (χ3v) is 25.3. The molecule has 128 heavy (non-hydrogen) atoms. The summed E-state index contributed by atoms with van der Waals surface area (Å²) in [5, 5.41) is 233. The zero-order valence-electron chi connectivity index (χ0n) is 75.4. The predicted octanol–water partition coefficient (Wildman–Crippen LogP) is -1.23. The smallest absolute Gasteiger partial charge is 0.220 e. The number of rotatable bonds is 60. The van der Waals surface area contributed by atoms with Gasteiger partial charge >= 0.3 is 0 Å². The van der Waals surface area contributed by atoms with Crippen LogP contribution in [0.25, 0.3) is 0 Å². The van der Waals surface area contributed by atoms with Gasteiger partial charge < -0.3 is 184 Å². The van der Waals surface area contributed by atoms with Crippen molar-refractivity contribution < 1.29 is 183 Å². The molecule has 7 aliphatic heterocycles. The molecule has 23 N–H and O–H groups in total. The third kappa shape index (κ3) is 33.9. The van der Waals surface area contributed by atoms with E-state index >= 15 is 0 Å². The van der Waals surface area contributed by atoms with Gasteiger partial charge in [-0.1, -0.05) is 219 Å². The predicted molar refractivity (Wildman–Crippen MR) is 453 cm³/mol. The number of ether oxygens (including phenoxy) is 14. The second-order valence-corrected chi connectivity index (χ2v) is 35.6. The van der Waals surface area contributed by atoms with Crippen LogP contribution in [-0.2, 0) is 80.7 Å². The molecule has 0 bridgehead atoms. The van der Waals surface area contributed by atoms with Crippen LogP contribution in [-0.4, -0.2) is 393 Å². The molecule has 0 aliphatic carbocycles. The summed E-state index contributed by atoms with van der Waals surface area (Å²) in [5.74, 6) is -2.12. The Balaban J connectivity index is 0.964. The number of hydrogen-bond donors (Lipinski definition) is 23. The molecule has 14 unspecified atom stereocenters. The van der Waals surface area contributed by atoms with Crippen molar-refractivity contribution >= 4 is 17.7 Å². The summed E-state index contributed by atoms with van der Waals surface area (Å²) in [7, 11) is 0. The van der Waals surface area contributed by atoms with Crippen LogP contribution in [0.5, 0.6) is 0 Å². The van der Waals surface area contributed by atoms with Gasteiger partial charge in [0.05, 0.1) is 64.5 Å². The van der Waals surface area contributed by atoms with E-state index in [-0.39, 0.29) is 12.3 Å². The lowest BCUT2D eigenvalue weighted by Crippen LogP contribution is -2.71. The van der Waals surface area contributed by atoms with Crippen molar-refractivity contribution in [2.24, 2.45) is 0 Å². The Morgan fingerprint density at radius 1 is 0.320 bits per heavy atom. The third-order valence-electron chi connectivity index (χ3n) is 25.3. The summed E-state index contributed by atoms with van der Waals surface area (Å²) < 4.78 is 83.2. The van der Waals surface area contributed by atoms with E-state index in [0.29, 0.717) is 12.8 Å². The minimum atomic E-state index is -2.30. The maximum absolute atomic E-state index is 13.6. The molecule has 0 radical (unpaired) electrons. The lowest BCUT2D eigenvalue weighted by atomic mass is 9.93. The summed E-state index contributed by atoms with van der Waals surface area (Å²) in [6, 6.07) is -4.81. The first-order chi connectivity index (χ1) is 61.5. The van der Waals surface area contributed by atoms with Gasteiger partial charge in [0.25, 0.3) is 0 Å². The van der Waals surface area contributed by atoms with Crippen LogP contribution < -0.4 is 16.0 Å². The second-order valence-electron chi connectivity index (χ2n) is 35.6. The molecule has 7 fully saturated rings. The molecule has 3 amide bonds. The van der Waals surface area contributed by atoms with Crippen molar-refractivity contribution in [3.05, 3.63) is 12.2 Å². The van der Waals surface area contributed by atoms with Crippen LogP contribution in [0.4, 0.5) is 0 Å². The number of aliphatic hydroxyl groups excluding tert-OH is 20. The van der Waals surface area contributed by atoms with Gasteiger partial charge in [0, 0.05) is 20.3 Å². The molecule has 0 saturated carbocycles. The molecule has 0 aromatic heterocycles. The van der Waals surface area contributed by atoms with E-state index in [1.165, 1.54) is 155 Å². The molecule has 7 saturated heterocycles. The Bertz CT molecular complexity index is 3020. The summed E-state index contributed by atoms with van der Waals surface area (Å²) in [5.41, 5.74) is 0. The zero-order valence-corrected chi connectivity index (χ0v) is 75.4. The largest absolute Gasteiger partial charge is 0.394 e. The number of carbonyl (C=O) groups is 3. The Morgan fingerprint density at radius 3 is 1.03 bits per heavy atom. The molecule has 0 aromatic rings. The fourth-order valence-electron chi connectivity index (χ4n) is 17.6. The fraction of sp³-hybridized carbons (Fsp3) is 0.943. The molecule has 7 rings (SSSR count). The van der Waals surface area contributed by atoms with Gasteiger partial charge in [-0.05, 0) is 26.2 Å². The summed E-state index contributed by atoms with van der Waals surface area (Å²) in [6.45, 7) is 1.10. The van der Waals surface area contributed by atoms with Crippen LogP contribution in [0.3, 0.4) is 0 Å². The zero-order chi connectivity index (χ0) is 93.5. The number of hydrogen-bond acceptors (Lipinski definition) is 37. The number of unbranched alkanes of at least 4 members (excludes halogenated alkanes) is 31. The first-order valence-electron chi connectivity index (χ1n) is 47.3. The van der Waals surface area contributed by atoms with Crippen molar-refractivity contribution in [1.29, 1.82) is 0 Å². The van der Waals surface area contributed by atoms with Gasteiger partial charge in [0.2, 0.25) is 17.7 Å². The lowest BCUT2D eigenvalue weighted by Gasteiger charge is -2.51.